The number of carbonyl (C=O) groups is 2. The zero-order valence-electron chi connectivity index (χ0n) is 18.5. The molecule has 1 aromatic heterocycles. The van der Waals surface area contributed by atoms with Crippen molar-refractivity contribution in [2.45, 2.75) is 35.3 Å². The minimum absolute atomic E-state index is 0.00621. The number of anilines is 2. The zero-order valence-corrected chi connectivity index (χ0v) is 19.3. The number of alkyl halides is 3. The van der Waals surface area contributed by atoms with Gasteiger partial charge < -0.3 is 9.80 Å². The smallest absolute Gasteiger partial charge is 0.378 e. The van der Waals surface area contributed by atoms with Crippen molar-refractivity contribution in [1.82, 2.24) is 9.88 Å². The van der Waals surface area contributed by atoms with Crippen LogP contribution in [0, 0.1) is 0 Å². The molecular weight excluding hydrogens is 465 g/mol. The van der Waals surface area contributed by atoms with Gasteiger partial charge in [-0.3, -0.25) is 9.78 Å². The maximum Gasteiger partial charge on any atom is 0.446 e. The van der Waals surface area contributed by atoms with E-state index in [1.165, 1.54) is 24.3 Å². The Morgan fingerprint density at radius 2 is 1.76 bits per heavy atom. The Morgan fingerprint density at radius 3 is 2.38 bits per heavy atom. The van der Waals surface area contributed by atoms with Crippen LogP contribution >= 0.6 is 11.8 Å². The molecule has 0 N–H and O–H groups in total. The summed E-state index contributed by atoms with van der Waals surface area (Å²) in [5.41, 5.74) is -2.38. The first-order valence-electron chi connectivity index (χ1n) is 10.7. The molecule has 1 aliphatic heterocycles. The molecule has 2 aromatic carbocycles. The van der Waals surface area contributed by atoms with Crippen LogP contribution in [0.25, 0.3) is 10.9 Å². The molecular formula is C24H21F3N4O2S. The number of pyridine rings is 1. The molecule has 1 saturated heterocycles. The molecule has 10 heteroatoms. The average molecular weight is 487 g/mol. The predicted molar refractivity (Wildman–Crippen MR) is 125 cm³/mol. The summed E-state index contributed by atoms with van der Waals surface area (Å²) in [4.78, 5) is 35.8. The van der Waals surface area contributed by atoms with Gasteiger partial charge in [-0.2, -0.15) is 13.2 Å². The normalized spacial score (nSPS) is 17.2. The summed E-state index contributed by atoms with van der Waals surface area (Å²) < 4.78 is 37.9. The van der Waals surface area contributed by atoms with Crippen LogP contribution in [0.5, 0.6) is 0 Å². The second-order valence-corrected chi connectivity index (χ2v) is 9.79. The Hall–Kier alpha value is -3.27. The van der Waals surface area contributed by atoms with Crippen molar-refractivity contribution in [2.75, 3.05) is 23.9 Å². The van der Waals surface area contributed by atoms with E-state index in [2.05, 4.69) is 4.98 Å². The van der Waals surface area contributed by atoms with E-state index in [4.69, 9.17) is 0 Å². The minimum Gasteiger partial charge on any atom is -0.378 e. The van der Waals surface area contributed by atoms with Crippen molar-refractivity contribution >= 4 is 46.0 Å². The first kappa shape index (κ1) is 22.5. The van der Waals surface area contributed by atoms with Gasteiger partial charge in [-0.1, -0.05) is 0 Å². The number of thioether (sulfide) groups is 1. The van der Waals surface area contributed by atoms with Gasteiger partial charge >= 0.3 is 11.5 Å². The largest absolute Gasteiger partial charge is 0.446 e. The quantitative estimate of drug-likeness (QED) is 0.356. The summed E-state index contributed by atoms with van der Waals surface area (Å²) in [6.07, 6.45) is 2.80. The SMILES string of the molecule is CN(C)c1ccc2nccc(CN3C(=O)N(c4ccc(SC(F)(F)F)cc4)C(=O)C34CC4)c2c1. The fraction of sp³-hybridized carbons (Fsp3) is 0.292. The van der Waals surface area contributed by atoms with Crippen molar-refractivity contribution < 1.29 is 22.8 Å². The number of halogens is 3. The van der Waals surface area contributed by atoms with Crippen LogP contribution in [0.3, 0.4) is 0 Å². The number of fused-ring (bicyclic) bond motifs is 1. The van der Waals surface area contributed by atoms with Crippen LogP contribution in [0.15, 0.2) is 59.6 Å². The molecule has 0 atom stereocenters. The fourth-order valence-corrected chi connectivity index (χ4v) is 4.88. The van der Waals surface area contributed by atoms with Gasteiger partial charge in [-0.15, -0.1) is 0 Å². The van der Waals surface area contributed by atoms with Gasteiger partial charge in [0.15, 0.2) is 0 Å². The lowest BCUT2D eigenvalue weighted by molar-refractivity contribution is -0.120. The fourth-order valence-electron chi connectivity index (χ4n) is 4.34. The Kier molecular flexibility index (Phi) is 5.23. The molecule has 2 aliphatic rings. The summed E-state index contributed by atoms with van der Waals surface area (Å²) >= 11 is -0.236. The Morgan fingerprint density at radius 1 is 1.06 bits per heavy atom. The Balaban J connectivity index is 1.46. The lowest BCUT2D eigenvalue weighted by Gasteiger charge is -2.22. The van der Waals surface area contributed by atoms with Crippen molar-refractivity contribution in [3.63, 3.8) is 0 Å². The molecule has 3 aromatic rings. The average Bonchev–Trinajstić information content (AvgIpc) is 3.55. The van der Waals surface area contributed by atoms with E-state index < -0.39 is 17.1 Å². The molecule has 34 heavy (non-hydrogen) atoms. The molecule has 6 nitrogen and oxygen atoms in total. The first-order chi connectivity index (χ1) is 16.1. The summed E-state index contributed by atoms with van der Waals surface area (Å²) in [5, 5.41) is 0.900. The van der Waals surface area contributed by atoms with Gasteiger partial charge in [-0.05, 0) is 78.7 Å². The topological polar surface area (TPSA) is 56.8 Å². The van der Waals surface area contributed by atoms with Crippen molar-refractivity contribution in [3.05, 3.63) is 60.3 Å². The van der Waals surface area contributed by atoms with Gasteiger partial charge in [0, 0.05) is 42.8 Å². The van der Waals surface area contributed by atoms with Crippen LogP contribution in [-0.2, 0) is 11.3 Å². The van der Waals surface area contributed by atoms with E-state index in [9.17, 15) is 22.8 Å². The first-order valence-corrected chi connectivity index (χ1v) is 11.5. The van der Waals surface area contributed by atoms with Gasteiger partial charge in [0.25, 0.3) is 5.91 Å². The minimum atomic E-state index is -4.41. The van der Waals surface area contributed by atoms with E-state index in [1.54, 1.807) is 11.1 Å². The summed E-state index contributed by atoms with van der Waals surface area (Å²) in [6.45, 7) is 0.235. The van der Waals surface area contributed by atoms with Crippen LogP contribution in [-0.4, -0.2) is 47.0 Å². The monoisotopic (exact) mass is 486 g/mol. The van der Waals surface area contributed by atoms with Crippen molar-refractivity contribution in [1.29, 1.82) is 0 Å². The Labute approximate surface area is 198 Å². The van der Waals surface area contributed by atoms with E-state index in [0.29, 0.717) is 12.8 Å². The maximum atomic E-state index is 13.4. The molecule has 1 saturated carbocycles. The van der Waals surface area contributed by atoms with E-state index in [0.717, 1.165) is 27.1 Å². The number of amides is 3. The highest BCUT2D eigenvalue weighted by atomic mass is 32.2. The molecule has 5 rings (SSSR count). The van der Waals surface area contributed by atoms with Gasteiger partial charge in [0.05, 0.1) is 11.2 Å². The maximum absolute atomic E-state index is 13.4. The number of hydrogen-bond donors (Lipinski definition) is 0. The van der Waals surface area contributed by atoms with E-state index in [-0.39, 0.29) is 34.8 Å². The number of urea groups is 1. The highest BCUT2D eigenvalue weighted by molar-refractivity contribution is 8.00. The lowest BCUT2D eigenvalue weighted by Crippen LogP contribution is -2.36. The standard InChI is InChI=1S/C24H21F3N4O2S/c1-29(2)17-5-8-20-19(13-17)15(9-12-28-20)14-30-22(33)31(21(32)23(30)10-11-23)16-3-6-18(7-4-16)34-24(25,26)27/h3-9,12-13H,10-11,14H2,1-2H3. The van der Waals surface area contributed by atoms with Gasteiger partial charge in [-0.25, -0.2) is 9.69 Å². The Bertz CT molecular complexity index is 1290. The van der Waals surface area contributed by atoms with Crippen molar-refractivity contribution in [2.24, 2.45) is 0 Å². The lowest BCUT2D eigenvalue weighted by atomic mass is 10.1. The van der Waals surface area contributed by atoms with Gasteiger partial charge in [0.1, 0.15) is 5.54 Å². The number of benzene rings is 2. The van der Waals surface area contributed by atoms with Crippen LogP contribution < -0.4 is 9.80 Å². The highest BCUT2D eigenvalue weighted by Gasteiger charge is 2.65. The summed E-state index contributed by atoms with van der Waals surface area (Å²) in [6, 6.07) is 12.6. The second-order valence-electron chi connectivity index (χ2n) is 8.65. The molecule has 0 bridgehead atoms. The van der Waals surface area contributed by atoms with Crippen LogP contribution in [0.2, 0.25) is 0 Å². The zero-order chi connectivity index (χ0) is 24.3. The van der Waals surface area contributed by atoms with Crippen LogP contribution in [0.1, 0.15) is 18.4 Å². The molecule has 0 radical (unpaired) electrons. The highest BCUT2D eigenvalue weighted by Crippen LogP contribution is 2.50. The molecule has 2 fully saturated rings. The summed E-state index contributed by atoms with van der Waals surface area (Å²) in [7, 11) is 3.88. The third kappa shape index (κ3) is 3.85. The third-order valence-electron chi connectivity index (χ3n) is 6.25. The number of imide groups is 1. The van der Waals surface area contributed by atoms with Crippen molar-refractivity contribution in [3.8, 4) is 0 Å². The summed E-state index contributed by atoms with van der Waals surface area (Å²) in [5.74, 6) is -0.332. The number of nitrogens with zero attached hydrogens (tertiary/aromatic N) is 4. The third-order valence-corrected chi connectivity index (χ3v) is 6.99. The number of aromatic nitrogens is 1. The van der Waals surface area contributed by atoms with E-state index in [1.807, 2.05) is 43.3 Å². The van der Waals surface area contributed by atoms with Gasteiger partial charge in [0.2, 0.25) is 0 Å². The number of rotatable bonds is 5. The number of hydrogen-bond acceptors (Lipinski definition) is 5. The van der Waals surface area contributed by atoms with Crippen LogP contribution in [0.4, 0.5) is 29.3 Å². The molecule has 0 unspecified atom stereocenters. The molecule has 176 valence electrons. The molecule has 1 aliphatic carbocycles. The molecule has 3 amide bonds. The molecule has 1 spiro atoms. The molecule has 2 heterocycles. The number of carbonyl (C=O) groups excluding carboxylic acids is 2. The van der Waals surface area contributed by atoms with E-state index >= 15 is 0 Å². The second kappa shape index (κ2) is 7.90. The predicted octanol–water partition coefficient (Wildman–Crippen LogP) is 5.41.